The highest BCUT2D eigenvalue weighted by Gasteiger charge is 2.14. The smallest absolute Gasteiger partial charge is 0.335 e. The molecule has 1 N–H and O–H groups in total. The quantitative estimate of drug-likeness (QED) is 0.744. The Labute approximate surface area is 114 Å². The molecule has 19 heavy (non-hydrogen) atoms. The van der Waals surface area contributed by atoms with E-state index in [9.17, 15) is 13.2 Å². The molecule has 0 spiro atoms. The Morgan fingerprint density at radius 1 is 1.05 bits per heavy atom. The van der Waals surface area contributed by atoms with E-state index in [1.54, 1.807) is 0 Å². The van der Waals surface area contributed by atoms with E-state index in [4.69, 9.17) is 5.11 Å². The monoisotopic (exact) mass is 284 g/mol. The first-order valence-electron chi connectivity index (χ1n) is 6.53. The van der Waals surface area contributed by atoms with Gasteiger partial charge < -0.3 is 5.11 Å². The normalized spacial score (nSPS) is 11.4. The first-order chi connectivity index (χ1) is 8.97. The molecule has 1 rings (SSSR count). The highest BCUT2D eigenvalue weighted by atomic mass is 32.2. The van der Waals surface area contributed by atoms with Gasteiger partial charge in [-0.25, -0.2) is 13.2 Å². The second-order valence-corrected chi connectivity index (χ2v) is 6.67. The molecule has 0 aliphatic carbocycles. The number of benzene rings is 1. The van der Waals surface area contributed by atoms with Crippen LogP contribution >= 0.6 is 0 Å². The Bertz CT molecular complexity index is 503. The molecule has 4 nitrogen and oxygen atoms in total. The lowest BCUT2D eigenvalue weighted by Gasteiger charge is -2.05. The van der Waals surface area contributed by atoms with Crippen LogP contribution < -0.4 is 0 Å². The van der Waals surface area contributed by atoms with Crippen LogP contribution in [0, 0.1) is 0 Å². The zero-order valence-corrected chi connectivity index (χ0v) is 11.9. The average molecular weight is 284 g/mol. The number of unbranched alkanes of at least 4 members (excludes halogenated alkanes) is 4. The lowest BCUT2D eigenvalue weighted by Crippen LogP contribution is -2.07. The van der Waals surface area contributed by atoms with Gasteiger partial charge in [-0.05, 0) is 30.7 Å². The van der Waals surface area contributed by atoms with Crippen molar-refractivity contribution in [3.63, 3.8) is 0 Å². The van der Waals surface area contributed by atoms with Gasteiger partial charge in [-0.1, -0.05) is 32.6 Å². The minimum absolute atomic E-state index is 0.0990. The third-order valence-corrected chi connectivity index (χ3v) is 4.79. The molecule has 0 heterocycles. The van der Waals surface area contributed by atoms with Crippen molar-refractivity contribution >= 4 is 15.8 Å². The second kappa shape index (κ2) is 7.28. The van der Waals surface area contributed by atoms with Gasteiger partial charge in [-0.3, -0.25) is 0 Å². The van der Waals surface area contributed by atoms with Crippen molar-refractivity contribution in [2.75, 3.05) is 5.75 Å². The maximum Gasteiger partial charge on any atom is 0.335 e. The van der Waals surface area contributed by atoms with Crippen molar-refractivity contribution in [2.45, 2.75) is 43.9 Å². The largest absolute Gasteiger partial charge is 0.478 e. The van der Waals surface area contributed by atoms with Crippen LogP contribution in [0.4, 0.5) is 0 Å². The van der Waals surface area contributed by atoms with Crippen LogP contribution in [0.15, 0.2) is 29.2 Å². The van der Waals surface area contributed by atoms with Crippen LogP contribution in [0.25, 0.3) is 0 Å². The topological polar surface area (TPSA) is 71.4 Å². The predicted molar refractivity (Wildman–Crippen MR) is 74.2 cm³/mol. The van der Waals surface area contributed by atoms with Crippen LogP contribution in [0.1, 0.15) is 49.4 Å². The molecule has 5 heteroatoms. The molecule has 0 amide bonds. The van der Waals surface area contributed by atoms with Crippen molar-refractivity contribution in [1.82, 2.24) is 0 Å². The zero-order chi connectivity index (χ0) is 14.3. The van der Waals surface area contributed by atoms with Gasteiger partial charge >= 0.3 is 5.97 Å². The summed E-state index contributed by atoms with van der Waals surface area (Å²) in [5.74, 6) is -0.924. The van der Waals surface area contributed by atoms with Crippen LogP contribution in [0.5, 0.6) is 0 Å². The highest BCUT2D eigenvalue weighted by molar-refractivity contribution is 7.91. The third-order valence-electron chi connectivity index (χ3n) is 2.98. The van der Waals surface area contributed by atoms with Gasteiger partial charge in [0.25, 0.3) is 0 Å². The van der Waals surface area contributed by atoms with Crippen molar-refractivity contribution in [3.05, 3.63) is 29.8 Å². The molecule has 1 aromatic carbocycles. The fourth-order valence-electron chi connectivity index (χ4n) is 1.82. The van der Waals surface area contributed by atoms with E-state index in [2.05, 4.69) is 6.92 Å². The van der Waals surface area contributed by atoms with E-state index in [0.29, 0.717) is 6.42 Å². The van der Waals surface area contributed by atoms with Crippen LogP contribution in [0.3, 0.4) is 0 Å². The lowest BCUT2D eigenvalue weighted by molar-refractivity contribution is 0.0697. The van der Waals surface area contributed by atoms with E-state index in [0.717, 1.165) is 25.7 Å². The highest BCUT2D eigenvalue weighted by Crippen LogP contribution is 2.15. The van der Waals surface area contributed by atoms with E-state index in [1.165, 1.54) is 24.3 Å². The predicted octanol–water partition coefficient (Wildman–Crippen LogP) is 3.13. The van der Waals surface area contributed by atoms with E-state index < -0.39 is 15.8 Å². The molecular formula is C14H20O4S. The molecule has 0 atom stereocenters. The maximum atomic E-state index is 12.0. The van der Waals surface area contributed by atoms with Gasteiger partial charge in [0.2, 0.25) is 0 Å². The number of hydrogen-bond acceptors (Lipinski definition) is 3. The molecule has 0 radical (unpaired) electrons. The summed E-state index contributed by atoms with van der Waals surface area (Å²) in [5.41, 5.74) is 0.0990. The molecule has 0 bridgehead atoms. The SMILES string of the molecule is CCCCCCCS(=O)(=O)c1ccc(C(=O)O)cc1. The number of hydrogen-bond donors (Lipinski definition) is 1. The molecule has 0 aliphatic heterocycles. The minimum atomic E-state index is -3.28. The van der Waals surface area contributed by atoms with Gasteiger partial charge in [0.1, 0.15) is 0 Å². The molecule has 0 saturated carbocycles. The van der Waals surface area contributed by atoms with E-state index in [-0.39, 0.29) is 16.2 Å². The Hall–Kier alpha value is -1.36. The molecule has 0 saturated heterocycles. The minimum Gasteiger partial charge on any atom is -0.478 e. The Balaban J connectivity index is 2.59. The molecule has 0 unspecified atom stereocenters. The van der Waals surface area contributed by atoms with Gasteiger partial charge in [-0.2, -0.15) is 0 Å². The first kappa shape index (κ1) is 15.7. The summed E-state index contributed by atoms with van der Waals surface area (Å²) in [6, 6.07) is 5.38. The number of carboxylic acids is 1. The van der Waals surface area contributed by atoms with Crippen molar-refractivity contribution in [2.24, 2.45) is 0 Å². The van der Waals surface area contributed by atoms with E-state index >= 15 is 0 Å². The van der Waals surface area contributed by atoms with E-state index in [1.807, 2.05) is 0 Å². The molecular weight excluding hydrogens is 264 g/mol. The molecule has 1 aromatic rings. The average Bonchev–Trinajstić information content (AvgIpc) is 2.38. The molecule has 0 aliphatic rings. The van der Waals surface area contributed by atoms with Crippen LogP contribution in [-0.4, -0.2) is 25.2 Å². The van der Waals surface area contributed by atoms with Crippen molar-refractivity contribution in [3.8, 4) is 0 Å². The van der Waals surface area contributed by atoms with Crippen LogP contribution in [0.2, 0.25) is 0 Å². The standard InChI is InChI=1S/C14H20O4S/c1-2-3-4-5-6-11-19(17,18)13-9-7-12(8-10-13)14(15)16/h7-10H,2-6,11H2,1H3,(H,15,16). The number of rotatable bonds is 8. The summed E-state index contributed by atoms with van der Waals surface area (Å²) in [7, 11) is -3.28. The lowest BCUT2D eigenvalue weighted by atomic mass is 10.2. The summed E-state index contributed by atoms with van der Waals surface area (Å²) < 4.78 is 24.0. The fraction of sp³-hybridized carbons (Fsp3) is 0.500. The van der Waals surface area contributed by atoms with Crippen molar-refractivity contribution in [1.29, 1.82) is 0 Å². The summed E-state index contributed by atoms with van der Waals surface area (Å²) in [5, 5.41) is 8.75. The molecule has 0 aromatic heterocycles. The first-order valence-corrected chi connectivity index (χ1v) is 8.18. The summed E-state index contributed by atoms with van der Waals surface area (Å²) in [6.45, 7) is 2.11. The fourth-order valence-corrected chi connectivity index (χ4v) is 3.19. The van der Waals surface area contributed by atoms with Gasteiger partial charge in [-0.15, -0.1) is 0 Å². The molecule has 0 fully saturated rings. The summed E-state index contributed by atoms with van der Waals surface area (Å²) >= 11 is 0. The number of aromatic carboxylic acids is 1. The third kappa shape index (κ3) is 5.03. The Morgan fingerprint density at radius 2 is 1.63 bits per heavy atom. The van der Waals surface area contributed by atoms with Gasteiger partial charge in [0, 0.05) is 0 Å². The number of carbonyl (C=O) groups is 1. The zero-order valence-electron chi connectivity index (χ0n) is 11.1. The Kier molecular flexibility index (Phi) is 6.02. The number of carboxylic acid groups (broad SMARTS) is 1. The van der Waals surface area contributed by atoms with Gasteiger partial charge in [0.05, 0.1) is 16.2 Å². The Morgan fingerprint density at radius 3 is 2.16 bits per heavy atom. The second-order valence-electron chi connectivity index (χ2n) is 4.56. The van der Waals surface area contributed by atoms with Crippen molar-refractivity contribution < 1.29 is 18.3 Å². The number of sulfone groups is 1. The van der Waals surface area contributed by atoms with Crippen LogP contribution in [-0.2, 0) is 9.84 Å². The maximum absolute atomic E-state index is 12.0. The molecule has 106 valence electrons. The summed E-state index contributed by atoms with van der Waals surface area (Å²) in [6.07, 6.45) is 4.89. The summed E-state index contributed by atoms with van der Waals surface area (Å²) in [4.78, 5) is 10.9. The van der Waals surface area contributed by atoms with Gasteiger partial charge in [0.15, 0.2) is 9.84 Å².